The highest BCUT2D eigenvalue weighted by Crippen LogP contribution is 2.29. The molecule has 0 saturated heterocycles. The van der Waals surface area contributed by atoms with Crippen molar-refractivity contribution >= 4 is 22.6 Å². The van der Waals surface area contributed by atoms with Gasteiger partial charge in [-0.15, -0.1) is 0 Å². The van der Waals surface area contributed by atoms with Gasteiger partial charge >= 0.3 is 6.18 Å². The van der Waals surface area contributed by atoms with Gasteiger partial charge in [0.15, 0.2) is 0 Å². The van der Waals surface area contributed by atoms with Crippen molar-refractivity contribution in [1.29, 1.82) is 0 Å². The fourth-order valence-electron chi connectivity index (χ4n) is 3.51. The highest BCUT2D eigenvalue weighted by atomic mass is 32.1. The average molecular weight is 497 g/mol. The molecule has 35 heavy (non-hydrogen) atoms. The largest absolute Gasteiger partial charge is 0.416 e. The summed E-state index contributed by atoms with van der Waals surface area (Å²) in [5.74, 6) is 0.344. The van der Waals surface area contributed by atoms with E-state index >= 15 is 0 Å². The van der Waals surface area contributed by atoms with Crippen LogP contribution in [0.15, 0.2) is 84.9 Å². The van der Waals surface area contributed by atoms with Crippen molar-refractivity contribution in [2.24, 2.45) is 0 Å². The quantitative estimate of drug-likeness (QED) is 0.334. The third kappa shape index (κ3) is 7.13. The van der Waals surface area contributed by atoms with Crippen LogP contribution in [0.2, 0.25) is 0 Å². The molecule has 1 heterocycles. The molecule has 0 aliphatic heterocycles. The lowest BCUT2D eigenvalue weighted by atomic mass is 10.1. The zero-order valence-corrected chi connectivity index (χ0v) is 19.5. The van der Waals surface area contributed by atoms with Crippen molar-refractivity contribution in [2.75, 3.05) is 11.4 Å². The number of benzene rings is 3. The average Bonchev–Trinajstić information content (AvgIpc) is 3.32. The van der Waals surface area contributed by atoms with Gasteiger partial charge in [-0.1, -0.05) is 72.8 Å². The number of rotatable bonds is 9. The number of carbonyl (C=O) groups excluding carboxylic acids is 1. The smallest absolute Gasteiger partial charge is 0.350 e. The Hall–Kier alpha value is -3.72. The van der Waals surface area contributed by atoms with Gasteiger partial charge in [-0.2, -0.15) is 17.5 Å². The molecule has 9 heteroatoms. The lowest BCUT2D eigenvalue weighted by Gasteiger charge is -2.21. The third-order valence-corrected chi connectivity index (χ3v) is 6.04. The van der Waals surface area contributed by atoms with Gasteiger partial charge in [-0.05, 0) is 28.8 Å². The molecule has 1 N–H and O–H groups in total. The Morgan fingerprint density at radius 3 is 2.23 bits per heavy atom. The summed E-state index contributed by atoms with van der Waals surface area (Å²) in [6, 6.07) is 24.5. The van der Waals surface area contributed by atoms with Crippen LogP contribution in [0.4, 0.5) is 18.3 Å². The van der Waals surface area contributed by atoms with E-state index in [1.54, 1.807) is 6.07 Å². The zero-order valence-electron chi connectivity index (χ0n) is 18.7. The first kappa shape index (κ1) is 24.4. The number of aromatic nitrogens is 2. The van der Waals surface area contributed by atoms with Crippen molar-refractivity contribution in [3.63, 3.8) is 0 Å². The molecule has 0 fully saturated rings. The summed E-state index contributed by atoms with van der Waals surface area (Å²) in [6.45, 7) is 0.433. The minimum absolute atomic E-state index is 0.00267. The van der Waals surface area contributed by atoms with E-state index in [1.807, 2.05) is 65.6 Å². The number of hydrogen-bond donors (Lipinski definition) is 1. The summed E-state index contributed by atoms with van der Waals surface area (Å²) >= 11 is 1.22. The van der Waals surface area contributed by atoms with Crippen LogP contribution in [0.25, 0.3) is 0 Å². The monoisotopic (exact) mass is 496 g/mol. The number of hydrogen-bond acceptors (Lipinski definition) is 5. The first-order valence-electron chi connectivity index (χ1n) is 10.9. The molecule has 0 saturated carbocycles. The Bertz CT molecular complexity index is 1250. The highest BCUT2D eigenvalue weighted by Gasteiger charge is 2.30. The van der Waals surface area contributed by atoms with Crippen LogP contribution in [0, 0.1) is 0 Å². The maximum Gasteiger partial charge on any atom is 0.416 e. The van der Waals surface area contributed by atoms with E-state index in [4.69, 9.17) is 0 Å². The number of anilines is 1. The van der Waals surface area contributed by atoms with Gasteiger partial charge in [0.1, 0.15) is 5.82 Å². The molecule has 0 aliphatic carbocycles. The normalized spacial score (nSPS) is 11.3. The van der Waals surface area contributed by atoms with Crippen LogP contribution in [-0.2, 0) is 30.5 Å². The molecule has 4 aromatic rings. The standard InChI is InChI=1S/C26H23F3N4OS/c27-26(28,29)22-13-7-12-21(14-22)16-30-24(34)18-33(17-20-10-5-2-6-11-20)25-31-23(32-35-25)15-19-8-3-1-4-9-19/h1-14H,15-18H2,(H,30,34). The van der Waals surface area contributed by atoms with E-state index in [0.717, 1.165) is 23.3 Å². The summed E-state index contributed by atoms with van der Waals surface area (Å²) in [5.41, 5.74) is 1.72. The lowest BCUT2D eigenvalue weighted by molar-refractivity contribution is -0.137. The lowest BCUT2D eigenvalue weighted by Crippen LogP contribution is -2.36. The highest BCUT2D eigenvalue weighted by molar-refractivity contribution is 7.09. The first-order valence-corrected chi connectivity index (χ1v) is 11.7. The van der Waals surface area contributed by atoms with E-state index in [1.165, 1.54) is 17.6 Å². The van der Waals surface area contributed by atoms with E-state index in [2.05, 4.69) is 14.7 Å². The van der Waals surface area contributed by atoms with Crippen molar-refractivity contribution in [3.05, 3.63) is 113 Å². The van der Waals surface area contributed by atoms with Gasteiger partial charge in [0, 0.05) is 31.0 Å². The Balaban J connectivity index is 1.45. The zero-order chi connectivity index (χ0) is 24.7. The van der Waals surface area contributed by atoms with Gasteiger partial charge < -0.3 is 10.2 Å². The summed E-state index contributed by atoms with van der Waals surface area (Å²) in [5, 5.41) is 3.32. The van der Waals surface area contributed by atoms with E-state index in [-0.39, 0.29) is 19.0 Å². The molecule has 3 aromatic carbocycles. The van der Waals surface area contributed by atoms with Gasteiger partial charge in [-0.25, -0.2) is 4.98 Å². The molecule has 0 bridgehead atoms. The Kier molecular flexibility index (Phi) is 7.77. The molecule has 180 valence electrons. The van der Waals surface area contributed by atoms with Crippen molar-refractivity contribution in [3.8, 4) is 0 Å². The molecule has 0 radical (unpaired) electrons. The summed E-state index contributed by atoms with van der Waals surface area (Å²) in [6.07, 6.45) is -3.85. The molecular weight excluding hydrogens is 473 g/mol. The van der Waals surface area contributed by atoms with E-state index in [0.29, 0.717) is 29.5 Å². The van der Waals surface area contributed by atoms with Crippen LogP contribution in [0.5, 0.6) is 0 Å². The second-order valence-electron chi connectivity index (χ2n) is 7.97. The van der Waals surface area contributed by atoms with Crippen molar-refractivity contribution < 1.29 is 18.0 Å². The van der Waals surface area contributed by atoms with E-state index in [9.17, 15) is 18.0 Å². The second-order valence-corrected chi connectivity index (χ2v) is 8.70. The molecule has 0 aliphatic rings. The molecule has 0 unspecified atom stereocenters. The van der Waals surface area contributed by atoms with Gasteiger partial charge in [-0.3, -0.25) is 4.79 Å². The molecule has 0 atom stereocenters. The van der Waals surface area contributed by atoms with Gasteiger partial charge in [0.05, 0.1) is 12.1 Å². The Labute approximate surface area is 205 Å². The number of halogens is 3. The molecule has 1 aromatic heterocycles. The fraction of sp³-hybridized carbons (Fsp3) is 0.192. The molecule has 4 rings (SSSR count). The summed E-state index contributed by atoms with van der Waals surface area (Å²) in [4.78, 5) is 19.2. The maximum atomic E-state index is 13.0. The van der Waals surface area contributed by atoms with Crippen molar-refractivity contribution in [1.82, 2.24) is 14.7 Å². The topological polar surface area (TPSA) is 58.1 Å². The Morgan fingerprint density at radius 2 is 1.54 bits per heavy atom. The number of amides is 1. The number of alkyl halides is 3. The summed E-state index contributed by atoms with van der Waals surface area (Å²) in [7, 11) is 0. The minimum Gasteiger partial charge on any atom is -0.350 e. The van der Waals surface area contributed by atoms with Crippen LogP contribution < -0.4 is 10.2 Å². The second kappa shape index (κ2) is 11.1. The molecule has 5 nitrogen and oxygen atoms in total. The number of nitrogens with one attached hydrogen (secondary N) is 1. The minimum atomic E-state index is -4.43. The first-order chi connectivity index (χ1) is 16.9. The SMILES string of the molecule is O=C(CN(Cc1ccccc1)c1nc(Cc2ccccc2)ns1)NCc1cccc(C(F)(F)F)c1. The van der Waals surface area contributed by atoms with Gasteiger partial charge in [0.25, 0.3) is 0 Å². The number of nitrogens with zero attached hydrogens (tertiary/aromatic N) is 3. The van der Waals surface area contributed by atoms with E-state index < -0.39 is 11.7 Å². The molecule has 1 amide bonds. The van der Waals surface area contributed by atoms with Crippen LogP contribution in [-0.4, -0.2) is 21.8 Å². The third-order valence-electron chi connectivity index (χ3n) is 5.23. The maximum absolute atomic E-state index is 13.0. The predicted octanol–water partition coefficient (Wildman–Crippen LogP) is 5.47. The Morgan fingerprint density at radius 1 is 0.886 bits per heavy atom. The van der Waals surface area contributed by atoms with Gasteiger partial charge in [0.2, 0.25) is 11.0 Å². The van der Waals surface area contributed by atoms with Crippen LogP contribution in [0.1, 0.15) is 28.1 Å². The van der Waals surface area contributed by atoms with Crippen LogP contribution in [0.3, 0.4) is 0 Å². The summed E-state index contributed by atoms with van der Waals surface area (Å²) < 4.78 is 43.4. The van der Waals surface area contributed by atoms with Crippen LogP contribution >= 0.6 is 11.5 Å². The fourth-order valence-corrected chi connectivity index (χ4v) is 4.19. The molecular formula is C26H23F3N4OS. The molecule has 0 spiro atoms. The van der Waals surface area contributed by atoms with Crippen molar-refractivity contribution in [2.45, 2.75) is 25.7 Å². The number of carbonyl (C=O) groups is 1. The predicted molar refractivity (Wildman–Crippen MR) is 130 cm³/mol.